The van der Waals surface area contributed by atoms with Gasteiger partial charge in [-0.05, 0) is 38.3 Å². The summed E-state index contributed by atoms with van der Waals surface area (Å²) < 4.78 is 0. The number of rotatable bonds is 9. The Labute approximate surface area is 208 Å². The van der Waals surface area contributed by atoms with Crippen molar-refractivity contribution >= 4 is 23.2 Å². The zero-order valence-corrected chi connectivity index (χ0v) is 21.3. The number of amidine groups is 1. The fourth-order valence-corrected chi connectivity index (χ4v) is 4.44. The molecule has 1 aliphatic heterocycles. The molecule has 0 saturated heterocycles. The van der Waals surface area contributed by atoms with Gasteiger partial charge in [0.15, 0.2) is 5.82 Å². The Morgan fingerprint density at radius 2 is 1.63 bits per heavy atom. The monoisotopic (exact) mass is 469 g/mol. The minimum Gasteiger partial charge on any atom is -0.355 e. The molecule has 2 heterocycles. The number of hydrogen-bond acceptors (Lipinski definition) is 4. The van der Waals surface area contributed by atoms with E-state index in [9.17, 15) is 10.2 Å². The van der Waals surface area contributed by atoms with Gasteiger partial charge in [-0.25, -0.2) is 9.97 Å². The normalized spacial score (nSPS) is 12.7. The lowest BCUT2D eigenvalue weighted by Gasteiger charge is -2.26. The topological polar surface area (TPSA) is 73.2 Å². The van der Waals surface area contributed by atoms with Crippen LogP contribution in [0.2, 0.25) is 0 Å². The van der Waals surface area contributed by atoms with E-state index in [-0.39, 0.29) is 12.3 Å². The number of carbonyl (C=O) groups excluding carboxylic acids is 1. The smallest absolute Gasteiger partial charge is 0.237 e. The predicted molar refractivity (Wildman–Crippen MR) is 142 cm³/mol. The molecule has 6 nitrogen and oxygen atoms in total. The maximum Gasteiger partial charge on any atom is 0.237 e. The molecule has 0 bridgehead atoms. The van der Waals surface area contributed by atoms with Crippen molar-refractivity contribution in [3.05, 3.63) is 70.9 Å². The largest absolute Gasteiger partial charge is 0.355 e. The van der Waals surface area contributed by atoms with Gasteiger partial charge in [0, 0.05) is 24.2 Å². The molecule has 0 spiro atoms. The summed E-state index contributed by atoms with van der Waals surface area (Å²) in [6, 6.07) is 16.0. The number of aryl methyl sites for hydroxylation is 2. The molecule has 0 saturated carbocycles. The predicted octanol–water partition coefficient (Wildman–Crippen LogP) is 6.21. The number of aromatic nitrogens is 2. The minimum atomic E-state index is -0.0348. The second kappa shape index (κ2) is 10.8. The van der Waals surface area contributed by atoms with Crippen molar-refractivity contribution in [2.45, 2.75) is 59.8 Å². The molecule has 182 valence electrons. The van der Waals surface area contributed by atoms with E-state index in [0.29, 0.717) is 23.2 Å². The zero-order chi connectivity index (χ0) is 24.9. The van der Waals surface area contributed by atoms with Gasteiger partial charge in [0.05, 0.1) is 12.1 Å². The Kier molecular flexibility index (Phi) is 7.59. The van der Waals surface area contributed by atoms with Crippen LogP contribution in [0.3, 0.4) is 0 Å². The number of hydrogen-bond donors (Lipinski definition) is 1. The minimum absolute atomic E-state index is 0.0348. The summed E-state index contributed by atoms with van der Waals surface area (Å²) in [5.41, 5.74) is 5.19. The average molecular weight is 470 g/mol. The Morgan fingerprint density at radius 3 is 2.26 bits per heavy atom. The molecule has 1 N–H and O–H groups in total. The molecule has 0 radical (unpaired) electrons. The van der Waals surface area contributed by atoms with Crippen LogP contribution in [-0.4, -0.2) is 39.7 Å². The summed E-state index contributed by atoms with van der Waals surface area (Å²) in [5, 5.41) is 9.19. The van der Waals surface area contributed by atoms with Crippen molar-refractivity contribution in [3.63, 3.8) is 0 Å². The molecule has 0 aliphatic carbocycles. The van der Waals surface area contributed by atoms with Crippen LogP contribution in [0.15, 0.2) is 48.5 Å². The average Bonchev–Trinajstić information content (AvgIpc) is 3.19. The number of nitrogens with one attached hydrogen (secondary N) is 1. The fourth-order valence-electron chi connectivity index (χ4n) is 4.44. The summed E-state index contributed by atoms with van der Waals surface area (Å²) >= 11 is 0. The van der Waals surface area contributed by atoms with Crippen LogP contribution >= 0.6 is 0 Å². The highest BCUT2D eigenvalue weighted by Crippen LogP contribution is 2.38. The number of amides is 1. The van der Waals surface area contributed by atoms with Gasteiger partial charge in [0.1, 0.15) is 17.3 Å². The fraction of sp³-hybridized carbons (Fsp3) is 0.379. The lowest BCUT2D eigenvalue weighted by Crippen LogP contribution is -2.34. The number of carbonyl (C=O) groups is 1. The van der Waals surface area contributed by atoms with Gasteiger partial charge >= 0.3 is 0 Å². The van der Waals surface area contributed by atoms with Crippen molar-refractivity contribution in [2.75, 3.05) is 18.0 Å². The zero-order valence-electron chi connectivity index (χ0n) is 21.3. The van der Waals surface area contributed by atoms with Crippen LogP contribution in [0.1, 0.15) is 61.9 Å². The first-order valence-corrected chi connectivity index (χ1v) is 12.6. The van der Waals surface area contributed by atoms with E-state index < -0.39 is 0 Å². The van der Waals surface area contributed by atoms with Gasteiger partial charge in [-0.15, -0.1) is 0 Å². The summed E-state index contributed by atoms with van der Waals surface area (Å²) in [6.07, 6.45) is 4.35. The molecule has 4 rings (SSSR count). The highest BCUT2D eigenvalue weighted by molar-refractivity contribution is 6.10. The van der Waals surface area contributed by atoms with Crippen LogP contribution in [0.25, 0.3) is 11.4 Å². The first-order valence-electron chi connectivity index (χ1n) is 12.6. The third-order valence-electron chi connectivity index (χ3n) is 6.54. The van der Waals surface area contributed by atoms with E-state index in [1.54, 1.807) is 4.90 Å². The van der Waals surface area contributed by atoms with Crippen LogP contribution in [-0.2, 0) is 11.2 Å². The van der Waals surface area contributed by atoms with Gasteiger partial charge in [-0.2, -0.15) is 0 Å². The summed E-state index contributed by atoms with van der Waals surface area (Å²) in [6.45, 7) is 10.00. The van der Waals surface area contributed by atoms with E-state index in [4.69, 9.17) is 9.97 Å². The summed E-state index contributed by atoms with van der Waals surface area (Å²) in [7, 11) is 0. The first kappa shape index (κ1) is 24.6. The second-order valence-electron chi connectivity index (χ2n) is 9.30. The van der Waals surface area contributed by atoms with Crippen molar-refractivity contribution in [3.8, 4) is 11.4 Å². The van der Waals surface area contributed by atoms with Crippen molar-refractivity contribution in [1.29, 1.82) is 5.41 Å². The SMILES string of the molecule is CCCCN(CCCC)C(=N)c1nc(-c2ccc(C)cc2)nc2c1CC(=O)N2c1ccccc1C. The molecule has 6 heteroatoms. The van der Waals surface area contributed by atoms with Gasteiger partial charge < -0.3 is 4.90 Å². The molecule has 1 amide bonds. The molecule has 0 unspecified atom stereocenters. The number of fused-ring (bicyclic) bond motifs is 1. The molecule has 1 aliphatic rings. The lowest BCUT2D eigenvalue weighted by atomic mass is 10.1. The summed E-state index contributed by atoms with van der Waals surface area (Å²) in [5.74, 6) is 1.49. The number of anilines is 2. The molecule has 0 fully saturated rings. The molecular weight excluding hydrogens is 434 g/mol. The first-order chi connectivity index (χ1) is 16.9. The molecule has 2 aromatic carbocycles. The third-order valence-corrected chi connectivity index (χ3v) is 6.54. The van der Waals surface area contributed by atoms with E-state index in [1.165, 1.54) is 0 Å². The maximum atomic E-state index is 13.3. The standard InChI is InChI=1S/C29H35N5O/c1-5-7-17-33(18-8-6-2)27(30)26-23-19-25(35)34(24-12-10-9-11-21(24)4)29(23)32-28(31-26)22-15-13-20(3)14-16-22/h9-16,30H,5-8,17-19H2,1-4H3. The Morgan fingerprint density at radius 1 is 0.971 bits per heavy atom. The van der Waals surface area contributed by atoms with E-state index in [0.717, 1.165) is 66.7 Å². The Hall–Kier alpha value is -3.54. The van der Waals surface area contributed by atoms with Crippen LogP contribution in [0.4, 0.5) is 11.5 Å². The van der Waals surface area contributed by atoms with Crippen molar-refractivity contribution < 1.29 is 4.79 Å². The molecular formula is C29H35N5O. The number of benzene rings is 2. The summed E-state index contributed by atoms with van der Waals surface area (Å²) in [4.78, 5) is 27.0. The molecule has 0 atom stereocenters. The van der Waals surface area contributed by atoms with E-state index in [2.05, 4.69) is 18.7 Å². The third kappa shape index (κ3) is 5.11. The second-order valence-corrected chi connectivity index (χ2v) is 9.30. The van der Waals surface area contributed by atoms with Gasteiger partial charge in [0.2, 0.25) is 5.91 Å². The van der Waals surface area contributed by atoms with Crippen LogP contribution < -0.4 is 4.90 Å². The number of nitrogens with zero attached hydrogens (tertiary/aromatic N) is 4. The van der Waals surface area contributed by atoms with Crippen LogP contribution in [0.5, 0.6) is 0 Å². The Bertz CT molecular complexity index is 1210. The highest BCUT2D eigenvalue weighted by atomic mass is 16.2. The quantitative estimate of drug-likeness (QED) is 0.299. The molecule has 35 heavy (non-hydrogen) atoms. The van der Waals surface area contributed by atoms with E-state index in [1.807, 2.05) is 62.4 Å². The Balaban J connectivity index is 1.87. The van der Waals surface area contributed by atoms with Gasteiger partial charge in [-0.3, -0.25) is 15.1 Å². The van der Waals surface area contributed by atoms with Crippen LogP contribution in [0, 0.1) is 19.3 Å². The molecule has 1 aromatic heterocycles. The highest BCUT2D eigenvalue weighted by Gasteiger charge is 2.36. The van der Waals surface area contributed by atoms with Crippen molar-refractivity contribution in [1.82, 2.24) is 14.9 Å². The van der Waals surface area contributed by atoms with Gasteiger partial charge in [0.25, 0.3) is 0 Å². The van der Waals surface area contributed by atoms with Gasteiger partial charge in [-0.1, -0.05) is 74.7 Å². The number of unbranched alkanes of at least 4 members (excludes halogenated alkanes) is 2. The number of para-hydroxylation sites is 1. The molecule has 3 aromatic rings. The maximum absolute atomic E-state index is 13.3. The van der Waals surface area contributed by atoms with E-state index >= 15 is 0 Å². The van der Waals surface area contributed by atoms with Crippen molar-refractivity contribution in [2.24, 2.45) is 0 Å². The lowest BCUT2D eigenvalue weighted by molar-refractivity contribution is -0.116.